The number of hydrogen-bond donors (Lipinski definition) is 2. The van der Waals surface area contributed by atoms with Gasteiger partial charge in [0.05, 0.1) is 7.11 Å². The average molecular weight is 228 g/mol. The minimum absolute atomic E-state index is 0.200. The van der Waals surface area contributed by atoms with E-state index in [0.717, 1.165) is 6.42 Å². The summed E-state index contributed by atoms with van der Waals surface area (Å²) in [5, 5.41) is 2.58. The predicted molar refractivity (Wildman–Crippen MR) is 61.7 cm³/mol. The summed E-state index contributed by atoms with van der Waals surface area (Å²) in [6.45, 7) is 2.31. The number of esters is 1. The van der Waals surface area contributed by atoms with E-state index in [2.05, 4.69) is 10.1 Å². The first kappa shape index (κ1) is 14.6. The first-order chi connectivity index (χ1) is 7.65. The molecule has 0 rings (SSSR count). The highest BCUT2D eigenvalue weighted by atomic mass is 16.5. The van der Waals surface area contributed by atoms with E-state index >= 15 is 0 Å². The summed E-state index contributed by atoms with van der Waals surface area (Å²) in [6, 6.07) is -0.641. The van der Waals surface area contributed by atoms with Gasteiger partial charge in [0, 0.05) is 6.42 Å². The van der Waals surface area contributed by atoms with Crippen molar-refractivity contribution in [1.29, 1.82) is 0 Å². The lowest BCUT2D eigenvalue weighted by atomic mass is 10.2. The van der Waals surface area contributed by atoms with Gasteiger partial charge in [0.1, 0.15) is 6.04 Å². The molecule has 3 N–H and O–H groups in total. The smallest absolute Gasteiger partial charge is 0.328 e. The molecule has 0 aliphatic heterocycles. The van der Waals surface area contributed by atoms with Crippen LogP contribution >= 0.6 is 0 Å². The maximum absolute atomic E-state index is 11.4. The zero-order valence-electron chi connectivity index (χ0n) is 9.86. The second-order valence-electron chi connectivity index (χ2n) is 3.30. The summed E-state index contributed by atoms with van der Waals surface area (Å²) in [5.41, 5.74) is 5.35. The molecule has 0 aromatic heterocycles. The van der Waals surface area contributed by atoms with Crippen LogP contribution in [0.4, 0.5) is 0 Å². The standard InChI is InChI=1S/C11H20N2O3/c1-3-4-5-6-10(14)13-9(7-8-12)11(15)16-2/h4-5,9H,3,6-8,12H2,1-2H3,(H,13,14)/b5-4-. The molecule has 1 unspecified atom stereocenters. The van der Waals surface area contributed by atoms with Gasteiger partial charge in [0.15, 0.2) is 0 Å². The van der Waals surface area contributed by atoms with Gasteiger partial charge >= 0.3 is 5.97 Å². The maximum atomic E-state index is 11.4. The van der Waals surface area contributed by atoms with Crippen LogP contribution in [0.15, 0.2) is 12.2 Å². The van der Waals surface area contributed by atoms with Crippen molar-refractivity contribution in [3.8, 4) is 0 Å². The number of amides is 1. The summed E-state index contributed by atoms with van der Waals surface area (Å²) in [5.74, 6) is -0.660. The van der Waals surface area contributed by atoms with Crippen LogP contribution in [0.2, 0.25) is 0 Å². The van der Waals surface area contributed by atoms with Crippen molar-refractivity contribution in [2.24, 2.45) is 5.73 Å². The Kier molecular flexibility index (Phi) is 8.15. The van der Waals surface area contributed by atoms with Crippen molar-refractivity contribution < 1.29 is 14.3 Å². The molecule has 5 nitrogen and oxygen atoms in total. The largest absolute Gasteiger partial charge is 0.467 e. The van der Waals surface area contributed by atoms with Gasteiger partial charge in [-0.15, -0.1) is 0 Å². The molecule has 5 heteroatoms. The van der Waals surface area contributed by atoms with Gasteiger partial charge in [0.2, 0.25) is 5.91 Å². The van der Waals surface area contributed by atoms with Crippen LogP contribution in [0.25, 0.3) is 0 Å². The highest BCUT2D eigenvalue weighted by Crippen LogP contribution is 1.95. The summed E-state index contributed by atoms with van der Waals surface area (Å²) < 4.78 is 4.56. The van der Waals surface area contributed by atoms with Gasteiger partial charge in [-0.05, 0) is 19.4 Å². The number of allylic oxidation sites excluding steroid dienone is 1. The van der Waals surface area contributed by atoms with Crippen molar-refractivity contribution in [2.75, 3.05) is 13.7 Å². The van der Waals surface area contributed by atoms with Gasteiger partial charge in [0.25, 0.3) is 0 Å². The highest BCUT2D eigenvalue weighted by Gasteiger charge is 2.19. The Balaban J connectivity index is 4.12. The van der Waals surface area contributed by atoms with Crippen LogP contribution < -0.4 is 11.1 Å². The molecule has 1 atom stereocenters. The maximum Gasteiger partial charge on any atom is 0.328 e. The fourth-order valence-corrected chi connectivity index (χ4v) is 1.17. The summed E-state index contributed by atoms with van der Waals surface area (Å²) >= 11 is 0. The molecule has 1 amide bonds. The lowest BCUT2D eigenvalue weighted by molar-refractivity contribution is -0.145. The SMILES string of the molecule is CC/C=C\CC(=O)NC(CCN)C(=O)OC. The molecule has 92 valence electrons. The first-order valence-electron chi connectivity index (χ1n) is 5.37. The molecule has 16 heavy (non-hydrogen) atoms. The Hall–Kier alpha value is -1.36. The van der Waals surface area contributed by atoms with Crippen LogP contribution in [0.3, 0.4) is 0 Å². The Morgan fingerprint density at radius 1 is 1.44 bits per heavy atom. The molecule has 0 spiro atoms. The Morgan fingerprint density at radius 3 is 2.62 bits per heavy atom. The molecular formula is C11H20N2O3. The lowest BCUT2D eigenvalue weighted by Gasteiger charge is -2.14. The number of nitrogens with two attached hydrogens (primary N) is 1. The number of carbonyl (C=O) groups excluding carboxylic acids is 2. The Labute approximate surface area is 96.0 Å². The number of nitrogens with one attached hydrogen (secondary N) is 1. The normalized spacial score (nSPS) is 12.4. The number of methoxy groups -OCH3 is 1. The van der Waals surface area contributed by atoms with E-state index in [1.807, 2.05) is 13.0 Å². The fourth-order valence-electron chi connectivity index (χ4n) is 1.17. The van der Waals surface area contributed by atoms with Crippen LogP contribution in [-0.2, 0) is 14.3 Å². The van der Waals surface area contributed by atoms with E-state index in [0.29, 0.717) is 13.0 Å². The Bertz CT molecular complexity index is 252. The third kappa shape index (κ3) is 6.19. The molecule has 0 bridgehead atoms. The monoisotopic (exact) mass is 228 g/mol. The minimum Gasteiger partial charge on any atom is -0.467 e. The van der Waals surface area contributed by atoms with Crippen LogP contribution in [0, 0.1) is 0 Å². The molecule has 0 aliphatic carbocycles. The van der Waals surface area contributed by atoms with Gasteiger partial charge in [-0.1, -0.05) is 19.1 Å². The molecule has 0 aliphatic rings. The molecule has 0 aromatic carbocycles. The number of rotatable bonds is 7. The van der Waals surface area contributed by atoms with Crippen molar-refractivity contribution in [1.82, 2.24) is 5.32 Å². The number of carbonyl (C=O) groups is 2. The third-order valence-corrected chi connectivity index (χ3v) is 1.98. The summed E-state index contributed by atoms with van der Waals surface area (Å²) in [7, 11) is 1.29. The zero-order valence-corrected chi connectivity index (χ0v) is 9.86. The van der Waals surface area contributed by atoms with Crippen LogP contribution in [-0.4, -0.2) is 31.6 Å². The number of hydrogen-bond acceptors (Lipinski definition) is 4. The fraction of sp³-hybridized carbons (Fsp3) is 0.636. The second kappa shape index (κ2) is 8.91. The second-order valence-corrected chi connectivity index (χ2v) is 3.30. The van der Waals surface area contributed by atoms with E-state index < -0.39 is 12.0 Å². The van der Waals surface area contributed by atoms with E-state index in [-0.39, 0.29) is 12.3 Å². The van der Waals surface area contributed by atoms with E-state index in [4.69, 9.17) is 5.73 Å². The average Bonchev–Trinajstić information content (AvgIpc) is 2.28. The van der Waals surface area contributed by atoms with E-state index in [1.54, 1.807) is 6.08 Å². The molecule has 0 saturated heterocycles. The third-order valence-electron chi connectivity index (χ3n) is 1.98. The minimum atomic E-state index is -0.641. The molecule has 0 saturated carbocycles. The molecule has 0 aromatic rings. The van der Waals surface area contributed by atoms with E-state index in [1.165, 1.54) is 7.11 Å². The van der Waals surface area contributed by atoms with Crippen LogP contribution in [0.1, 0.15) is 26.2 Å². The molecular weight excluding hydrogens is 208 g/mol. The zero-order chi connectivity index (χ0) is 12.4. The topological polar surface area (TPSA) is 81.4 Å². The number of ether oxygens (including phenoxy) is 1. The van der Waals surface area contributed by atoms with Gasteiger partial charge < -0.3 is 15.8 Å². The lowest BCUT2D eigenvalue weighted by Crippen LogP contribution is -2.42. The predicted octanol–water partition coefficient (Wildman–Crippen LogP) is 0.349. The first-order valence-corrected chi connectivity index (χ1v) is 5.37. The summed E-state index contributed by atoms with van der Waals surface area (Å²) in [6.07, 6.45) is 5.21. The van der Waals surface area contributed by atoms with Gasteiger partial charge in [-0.3, -0.25) is 4.79 Å². The molecule has 0 radical (unpaired) electrons. The highest BCUT2D eigenvalue weighted by molar-refractivity contribution is 5.85. The van der Waals surface area contributed by atoms with E-state index in [9.17, 15) is 9.59 Å². The van der Waals surface area contributed by atoms with Gasteiger partial charge in [-0.25, -0.2) is 4.79 Å². The molecule has 0 fully saturated rings. The molecule has 0 heterocycles. The quantitative estimate of drug-likeness (QED) is 0.486. The van der Waals surface area contributed by atoms with Crippen molar-refractivity contribution >= 4 is 11.9 Å². The van der Waals surface area contributed by atoms with Crippen molar-refractivity contribution in [3.63, 3.8) is 0 Å². The van der Waals surface area contributed by atoms with Gasteiger partial charge in [-0.2, -0.15) is 0 Å². The summed E-state index contributed by atoms with van der Waals surface area (Å²) in [4.78, 5) is 22.7. The van der Waals surface area contributed by atoms with Crippen molar-refractivity contribution in [2.45, 2.75) is 32.2 Å². The van der Waals surface area contributed by atoms with Crippen LogP contribution in [0.5, 0.6) is 0 Å². The Morgan fingerprint density at radius 2 is 2.12 bits per heavy atom. The van der Waals surface area contributed by atoms with Crippen molar-refractivity contribution in [3.05, 3.63) is 12.2 Å².